The van der Waals surface area contributed by atoms with Crippen molar-refractivity contribution in [1.82, 2.24) is 0 Å². The summed E-state index contributed by atoms with van der Waals surface area (Å²) in [5, 5.41) is 9.80. The first-order chi connectivity index (χ1) is 13.2. The van der Waals surface area contributed by atoms with E-state index in [2.05, 4.69) is 0 Å². The maximum absolute atomic E-state index is 12.2. The Morgan fingerprint density at radius 1 is 1.36 bits per heavy atom. The maximum atomic E-state index is 12.2. The van der Waals surface area contributed by atoms with Crippen molar-refractivity contribution in [1.29, 1.82) is 0 Å². The minimum Gasteiger partial charge on any atom is -0.485 e. The number of fused-ring (bicyclic) bond motifs is 2. The monoisotopic (exact) mass is 386 g/mol. The fourth-order valence-corrected chi connectivity index (χ4v) is 3.24. The second-order valence-electron chi connectivity index (χ2n) is 7.66. The Kier molecular flexibility index (Phi) is 5.61. The normalized spacial score (nSPS) is 16.8. The standard InChI is InChI=1S/C22H26O6/c1-5-13(2)20(24)28-22(3,4)19-11-16-10-15-9-14(7-6-8-23)21(25)27-18(15)12-17(16)26-19/h5,9-10,12,19,23H,6-8,11H2,1-4H3/b13-5+/t19-/m0/s1. The van der Waals surface area contributed by atoms with Crippen LogP contribution >= 0.6 is 0 Å². The average Bonchev–Trinajstić information content (AvgIpc) is 3.07. The quantitative estimate of drug-likeness (QED) is 0.466. The van der Waals surface area contributed by atoms with E-state index >= 15 is 0 Å². The third-order valence-electron chi connectivity index (χ3n) is 5.15. The van der Waals surface area contributed by atoms with Gasteiger partial charge in [-0.3, -0.25) is 0 Å². The predicted octanol–water partition coefficient (Wildman–Crippen LogP) is 3.31. The van der Waals surface area contributed by atoms with Gasteiger partial charge in [0.05, 0.1) is 0 Å². The molecule has 0 unspecified atom stereocenters. The van der Waals surface area contributed by atoms with E-state index in [4.69, 9.17) is 19.0 Å². The molecular weight excluding hydrogens is 360 g/mol. The van der Waals surface area contributed by atoms with Gasteiger partial charge in [0.1, 0.15) is 23.0 Å². The van der Waals surface area contributed by atoms with Gasteiger partial charge < -0.3 is 19.0 Å². The molecule has 6 heteroatoms. The van der Waals surface area contributed by atoms with Crippen molar-refractivity contribution >= 4 is 16.9 Å². The van der Waals surface area contributed by atoms with Gasteiger partial charge in [-0.1, -0.05) is 6.08 Å². The van der Waals surface area contributed by atoms with Gasteiger partial charge in [0.25, 0.3) is 0 Å². The molecule has 3 rings (SSSR count). The van der Waals surface area contributed by atoms with E-state index in [1.54, 1.807) is 26.0 Å². The van der Waals surface area contributed by atoms with Gasteiger partial charge in [-0.2, -0.15) is 0 Å². The molecule has 1 aromatic heterocycles. The topological polar surface area (TPSA) is 86.0 Å². The van der Waals surface area contributed by atoms with Crippen molar-refractivity contribution in [2.24, 2.45) is 0 Å². The van der Waals surface area contributed by atoms with E-state index in [1.807, 2.05) is 26.0 Å². The van der Waals surface area contributed by atoms with E-state index in [0.29, 0.717) is 41.7 Å². The Balaban J connectivity index is 1.86. The van der Waals surface area contributed by atoms with E-state index in [0.717, 1.165) is 10.9 Å². The summed E-state index contributed by atoms with van der Waals surface area (Å²) in [5.74, 6) is 0.271. The number of carbonyl (C=O) groups is 1. The molecule has 0 bridgehead atoms. The zero-order valence-corrected chi connectivity index (χ0v) is 16.7. The van der Waals surface area contributed by atoms with Crippen LogP contribution in [-0.4, -0.2) is 29.4 Å². The number of esters is 1. The van der Waals surface area contributed by atoms with Crippen LogP contribution in [0.25, 0.3) is 11.0 Å². The summed E-state index contributed by atoms with van der Waals surface area (Å²) in [7, 11) is 0. The van der Waals surface area contributed by atoms with Crippen LogP contribution in [0.2, 0.25) is 0 Å². The van der Waals surface area contributed by atoms with Crippen LogP contribution in [0, 0.1) is 0 Å². The molecule has 0 amide bonds. The molecule has 0 fully saturated rings. The number of hydrogen-bond acceptors (Lipinski definition) is 6. The molecule has 6 nitrogen and oxygen atoms in total. The second kappa shape index (κ2) is 7.80. The maximum Gasteiger partial charge on any atom is 0.339 e. The molecule has 2 aromatic rings. The van der Waals surface area contributed by atoms with Crippen molar-refractivity contribution < 1.29 is 23.8 Å². The van der Waals surface area contributed by atoms with E-state index in [-0.39, 0.29) is 18.7 Å². The molecule has 2 heterocycles. The number of ether oxygens (including phenoxy) is 2. The molecular formula is C22H26O6. The van der Waals surface area contributed by atoms with Gasteiger partial charge in [0.15, 0.2) is 0 Å². The number of hydrogen-bond donors (Lipinski definition) is 1. The zero-order chi connectivity index (χ0) is 20.5. The molecule has 1 aliphatic heterocycles. The van der Waals surface area contributed by atoms with Crippen LogP contribution in [0.1, 0.15) is 45.2 Å². The summed E-state index contributed by atoms with van der Waals surface area (Å²) in [5.41, 5.74) is 1.31. The van der Waals surface area contributed by atoms with Crippen molar-refractivity contribution in [3.05, 3.63) is 51.4 Å². The first-order valence-electron chi connectivity index (χ1n) is 9.48. The van der Waals surface area contributed by atoms with Gasteiger partial charge in [0, 0.05) is 35.6 Å². The van der Waals surface area contributed by atoms with Crippen LogP contribution in [0.4, 0.5) is 0 Å². The Hall–Kier alpha value is -2.60. The lowest BCUT2D eigenvalue weighted by atomic mass is 9.96. The Labute approximate surface area is 163 Å². The minimum atomic E-state index is -0.820. The summed E-state index contributed by atoms with van der Waals surface area (Å²) in [6.07, 6.45) is 2.95. The largest absolute Gasteiger partial charge is 0.485 e. The zero-order valence-electron chi connectivity index (χ0n) is 16.7. The third-order valence-corrected chi connectivity index (χ3v) is 5.15. The third kappa shape index (κ3) is 3.97. The summed E-state index contributed by atoms with van der Waals surface area (Å²) in [6, 6.07) is 5.48. The molecule has 150 valence electrons. The van der Waals surface area contributed by atoms with E-state index in [1.165, 1.54) is 0 Å². The van der Waals surface area contributed by atoms with Gasteiger partial charge >= 0.3 is 11.6 Å². The number of aryl methyl sites for hydroxylation is 1. The van der Waals surface area contributed by atoms with Crippen LogP contribution in [0.3, 0.4) is 0 Å². The summed E-state index contributed by atoms with van der Waals surface area (Å²) in [6.45, 7) is 7.19. The molecule has 0 saturated heterocycles. The first-order valence-corrected chi connectivity index (χ1v) is 9.48. The lowest BCUT2D eigenvalue weighted by Gasteiger charge is -2.30. The highest BCUT2D eigenvalue weighted by atomic mass is 16.6. The number of benzene rings is 1. The van der Waals surface area contributed by atoms with Crippen molar-refractivity contribution in [3.8, 4) is 5.75 Å². The number of rotatable bonds is 6. The van der Waals surface area contributed by atoms with Gasteiger partial charge in [-0.15, -0.1) is 0 Å². The minimum absolute atomic E-state index is 0.0255. The van der Waals surface area contributed by atoms with Gasteiger partial charge in [-0.05, 0) is 58.2 Å². The molecule has 0 aliphatic carbocycles. The highest BCUT2D eigenvalue weighted by Crippen LogP contribution is 2.37. The molecule has 1 N–H and O–H groups in total. The Morgan fingerprint density at radius 3 is 2.79 bits per heavy atom. The number of carbonyl (C=O) groups excluding carboxylic acids is 1. The highest BCUT2D eigenvalue weighted by Gasteiger charge is 2.40. The summed E-state index contributed by atoms with van der Waals surface area (Å²) in [4.78, 5) is 24.3. The van der Waals surface area contributed by atoms with Crippen LogP contribution in [-0.2, 0) is 22.4 Å². The fraction of sp³-hybridized carbons (Fsp3) is 0.455. The summed E-state index contributed by atoms with van der Waals surface area (Å²) < 4.78 is 17.1. The van der Waals surface area contributed by atoms with E-state index < -0.39 is 11.2 Å². The molecule has 0 radical (unpaired) electrons. The lowest BCUT2D eigenvalue weighted by Crippen LogP contribution is -2.43. The first kappa shape index (κ1) is 20.1. The van der Waals surface area contributed by atoms with Gasteiger partial charge in [0.2, 0.25) is 0 Å². The van der Waals surface area contributed by atoms with Crippen molar-refractivity contribution in [2.45, 2.75) is 58.7 Å². The summed E-state index contributed by atoms with van der Waals surface area (Å²) >= 11 is 0. The molecule has 1 aromatic carbocycles. The predicted molar refractivity (Wildman–Crippen MR) is 106 cm³/mol. The fourth-order valence-electron chi connectivity index (χ4n) is 3.24. The second-order valence-corrected chi connectivity index (χ2v) is 7.66. The van der Waals surface area contributed by atoms with E-state index in [9.17, 15) is 9.59 Å². The van der Waals surface area contributed by atoms with Crippen LogP contribution in [0.15, 0.2) is 39.1 Å². The molecule has 1 aliphatic rings. The number of allylic oxidation sites excluding steroid dienone is 1. The Bertz CT molecular complexity index is 982. The molecule has 1 atom stereocenters. The molecule has 28 heavy (non-hydrogen) atoms. The number of aliphatic hydroxyl groups excluding tert-OH is 1. The van der Waals surface area contributed by atoms with Crippen LogP contribution in [0.5, 0.6) is 5.75 Å². The lowest BCUT2D eigenvalue weighted by molar-refractivity contribution is -0.159. The highest BCUT2D eigenvalue weighted by molar-refractivity contribution is 5.88. The molecule has 0 saturated carbocycles. The molecule has 0 spiro atoms. The smallest absolute Gasteiger partial charge is 0.339 e. The van der Waals surface area contributed by atoms with Crippen LogP contribution < -0.4 is 10.4 Å². The number of aliphatic hydroxyl groups is 1. The SMILES string of the molecule is C/C=C(\C)C(=O)OC(C)(C)[C@@H]1Cc2cc3cc(CCCO)c(=O)oc3cc2O1. The van der Waals surface area contributed by atoms with Crippen molar-refractivity contribution in [3.63, 3.8) is 0 Å². The van der Waals surface area contributed by atoms with Crippen molar-refractivity contribution in [2.75, 3.05) is 6.61 Å². The Morgan fingerprint density at radius 2 is 2.11 bits per heavy atom. The average molecular weight is 386 g/mol. The van der Waals surface area contributed by atoms with Gasteiger partial charge in [-0.25, -0.2) is 9.59 Å².